The third-order valence-electron chi connectivity index (χ3n) is 10.9. The Morgan fingerprint density at radius 3 is 1.47 bits per heavy atom. The second-order valence-corrected chi connectivity index (χ2v) is 18.9. The average Bonchev–Trinajstić information content (AvgIpc) is 3.35. The number of anilines is 2. The molecule has 73 heavy (non-hydrogen) atoms. The minimum Gasteiger partial charge on any atom is -0.870 e. The van der Waals surface area contributed by atoms with Gasteiger partial charge < -0.3 is 34.9 Å². The number of carbonyl (C=O) groups excluding carboxylic acids is 2. The molecule has 0 aliphatic rings. The fourth-order valence-corrected chi connectivity index (χ4v) is 9.09. The number of phenols is 1. The zero-order valence-corrected chi connectivity index (χ0v) is 46.3. The summed E-state index contributed by atoms with van der Waals surface area (Å²) in [5.41, 5.74) is 1.00. The van der Waals surface area contributed by atoms with Crippen molar-refractivity contribution in [2.75, 3.05) is 24.9 Å². The van der Waals surface area contributed by atoms with Crippen molar-refractivity contribution >= 4 is 160 Å². The van der Waals surface area contributed by atoms with E-state index in [4.69, 9.17) is 32.7 Å². The number of ether oxygens (including phenoxy) is 2. The molecule has 23 heteroatoms. The summed E-state index contributed by atoms with van der Waals surface area (Å²) in [6.45, 7) is 2.78. The number of benzene rings is 8. The number of aromatic hydroxyl groups is 1. The maximum Gasteiger partial charge on any atom is 2.00 e. The number of phenolic OH excluding ortho intramolecular Hbond substituents is 1. The molecule has 8 rings (SSSR count). The topological polar surface area (TPSA) is 281 Å². The van der Waals surface area contributed by atoms with E-state index in [0.717, 1.165) is 12.1 Å². The number of hydrogen-bond donors (Lipinski definition) is 4. The second kappa shape index (κ2) is 23.6. The molecule has 0 heterocycles. The number of halogens is 2. The molecule has 0 radical (unpaired) electrons. The molecule has 0 aromatic heterocycles. The Balaban J connectivity index is 0.000000235. The summed E-state index contributed by atoms with van der Waals surface area (Å²) in [4.78, 5) is 25.2. The number of rotatable bonds is 12. The van der Waals surface area contributed by atoms with Gasteiger partial charge in [-0.15, -0.1) is 15.3 Å². The van der Waals surface area contributed by atoms with Crippen LogP contribution in [0.15, 0.2) is 164 Å². The molecule has 0 atom stereocenters. The number of azo groups is 2. The molecule has 2 amide bonds. The maximum atomic E-state index is 13.3. The first-order valence-corrected chi connectivity index (χ1v) is 24.5. The van der Waals surface area contributed by atoms with Crippen LogP contribution in [-0.2, 0) is 20.2 Å². The summed E-state index contributed by atoms with van der Waals surface area (Å²) in [7, 11) is -6.14. The smallest absolute Gasteiger partial charge is 0.870 e. The first-order chi connectivity index (χ1) is 34.2. The maximum absolute atomic E-state index is 13.3. The number of methoxy groups -OCH3 is 2. The van der Waals surface area contributed by atoms with E-state index < -0.39 is 48.4 Å². The summed E-state index contributed by atoms with van der Waals surface area (Å²) in [5.74, 6) is -1.01. The van der Waals surface area contributed by atoms with E-state index in [0.29, 0.717) is 44.4 Å². The van der Waals surface area contributed by atoms with Gasteiger partial charge in [0.1, 0.15) is 38.7 Å². The van der Waals surface area contributed by atoms with Crippen LogP contribution in [0, 0.1) is 13.8 Å². The Morgan fingerprint density at radius 2 is 1.00 bits per heavy atom. The zero-order valence-electron chi connectivity index (χ0n) is 38.7. The van der Waals surface area contributed by atoms with Gasteiger partial charge in [-0.1, -0.05) is 77.5 Å². The van der Waals surface area contributed by atoms with Crippen LogP contribution in [-0.4, -0.2) is 106 Å². The summed E-state index contributed by atoms with van der Waals surface area (Å²) < 4.78 is 76.8. The van der Waals surface area contributed by atoms with Crippen LogP contribution in [0.1, 0.15) is 31.8 Å². The standard InChI is InChI=1S/2C25H20ClN3O6S.Ba/c2*1-14-21(36(32,33)34)12-11-20(22(14)26)28-29-23-18-6-4-3-5-15(18)13-19(24(23)30)25(31)27-16-7-9-17(35-2)10-8-16;/h2*3-13,30H,1-2H3,(H,27,31)(H,32,33,34);/q;;+2/p-2. The van der Waals surface area contributed by atoms with Gasteiger partial charge in [-0.3, -0.25) is 14.1 Å². The van der Waals surface area contributed by atoms with Crippen molar-refractivity contribution in [3.05, 3.63) is 166 Å². The third kappa shape index (κ3) is 12.9. The number of hydrogen-bond acceptors (Lipinski definition) is 15. The van der Waals surface area contributed by atoms with Gasteiger partial charge in [0.25, 0.3) is 21.9 Å². The zero-order chi connectivity index (χ0) is 52.1. The summed E-state index contributed by atoms with van der Waals surface area (Å²) >= 11 is 12.5. The fraction of sp³-hybridized carbons (Fsp3) is 0.0800. The Bertz CT molecular complexity index is 3490. The van der Waals surface area contributed by atoms with E-state index in [-0.39, 0.29) is 109 Å². The molecule has 0 aliphatic heterocycles. The van der Waals surface area contributed by atoms with Crippen molar-refractivity contribution in [1.82, 2.24) is 0 Å². The van der Waals surface area contributed by atoms with E-state index in [1.165, 1.54) is 46.3 Å². The molecular weight excluding hydrogens is 1150 g/mol. The normalized spacial score (nSPS) is 11.5. The Hall–Kier alpha value is -6.41. The Morgan fingerprint density at radius 1 is 0.589 bits per heavy atom. The number of nitrogens with one attached hydrogen (secondary N) is 2. The van der Waals surface area contributed by atoms with Crippen LogP contribution in [0.3, 0.4) is 0 Å². The monoisotopic (exact) mass is 1190 g/mol. The second-order valence-electron chi connectivity index (χ2n) is 15.4. The van der Waals surface area contributed by atoms with Crippen LogP contribution in [0.2, 0.25) is 10.0 Å². The van der Waals surface area contributed by atoms with Gasteiger partial charge in [0.15, 0.2) is 5.75 Å². The number of carbonyl (C=O) groups is 2. The molecule has 368 valence electrons. The van der Waals surface area contributed by atoms with E-state index >= 15 is 0 Å². The van der Waals surface area contributed by atoms with Gasteiger partial charge in [0.05, 0.1) is 45.3 Å². The minimum absolute atomic E-state index is 0. The molecule has 4 N–H and O–H groups in total. The summed E-state index contributed by atoms with van der Waals surface area (Å²) in [6.07, 6.45) is 0. The van der Waals surface area contributed by atoms with Gasteiger partial charge in [0.2, 0.25) is 0 Å². The number of nitrogens with zero attached hydrogens (tertiary/aromatic N) is 4. The summed E-state index contributed by atoms with van der Waals surface area (Å²) in [6, 6.07) is 34.9. The number of fused-ring (bicyclic) bond motifs is 2. The van der Waals surface area contributed by atoms with E-state index in [9.17, 15) is 45.7 Å². The van der Waals surface area contributed by atoms with Gasteiger partial charge in [-0.2, -0.15) is 13.5 Å². The molecule has 0 bridgehead atoms. The first kappa shape index (κ1) is 55.9. The molecule has 0 saturated heterocycles. The van der Waals surface area contributed by atoms with Crippen molar-refractivity contribution in [3.8, 4) is 23.0 Å². The molecule has 8 aromatic rings. The predicted molar refractivity (Wildman–Crippen MR) is 275 cm³/mol. The molecule has 0 unspecified atom stereocenters. The van der Waals surface area contributed by atoms with Gasteiger partial charge >= 0.3 is 48.9 Å². The van der Waals surface area contributed by atoms with Crippen LogP contribution in [0.5, 0.6) is 23.0 Å². The quantitative estimate of drug-likeness (QED) is 0.0505. The van der Waals surface area contributed by atoms with Crippen LogP contribution in [0.25, 0.3) is 21.5 Å². The van der Waals surface area contributed by atoms with E-state index in [1.807, 2.05) is 0 Å². The van der Waals surface area contributed by atoms with Gasteiger partial charge in [-0.25, -0.2) is 8.42 Å². The molecule has 0 saturated carbocycles. The van der Waals surface area contributed by atoms with E-state index in [1.54, 1.807) is 103 Å². The van der Waals surface area contributed by atoms with Crippen molar-refractivity contribution < 1.29 is 55.2 Å². The van der Waals surface area contributed by atoms with Crippen LogP contribution >= 0.6 is 23.2 Å². The van der Waals surface area contributed by atoms with Gasteiger partial charge in [-0.05, 0) is 121 Å². The first-order valence-electron chi connectivity index (χ1n) is 20.9. The average molecular weight is 1190 g/mol. The molecule has 0 aliphatic carbocycles. The third-order valence-corrected chi connectivity index (χ3v) is 13.8. The Kier molecular flexibility index (Phi) is 18.1. The Labute approximate surface area is 468 Å². The molecule has 0 spiro atoms. The van der Waals surface area contributed by atoms with Crippen molar-refractivity contribution in [2.45, 2.75) is 23.6 Å². The molecule has 0 fully saturated rings. The van der Waals surface area contributed by atoms with E-state index in [2.05, 4.69) is 31.1 Å². The van der Waals surface area contributed by atoms with Crippen LogP contribution in [0.4, 0.5) is 34.1 Å². The minimum atomic E-state index is -4.73. The molecule has 8 aromatic carbocycles. The van der Waals surface area contributed by atoms with Crippen molar-refractivity contribution in [1.29, 1.82) is 0 Å². The molecular formula is C50H38BaCl2N6O12S2. The summed E-state index contributed by atoms with van der Waals surface area (Å²) in [5, 5.41) is 48.1. The van der Waals surface area contributed by atoms with Crippen LogP contribution < -0.4 is 25.2 Å². The SMILES string of the molecule is COc1ccc(NC(=O)c2cc3ccccc3c(N=Nc3ccc(S(=O)(=O)O)c(C)c3Cl)c2O)cc1.COc1ccc(NC(=O)c2cc3ccccc3c(N=Nc3ccc(S(=O)(=O)[O-])c(C)c3Cl)c2[O-])cc1.[Ba+2]. The van der Waals surface area contributed by atoms with Crippen molar-refractivity contribution in [2.24, 2.45) is 20.5 Å². The van der Waals surface area contributed by atoms with Gasteiger partial charge in [0, 0.05) is 27.7 Å². The molecule has 18 nitrogen and oxygen atoms in total. The number of amides is 2. The predicted octanol–water partition coefficient (Wildman–Crippen LogP) is 11.5. The fourth-order valence-electron chi connectivity index (χ4n) is 7.13. The largest absolute Gasteiger partial charge is 2.00 e. The van der Waals surface area contributed by atoms with Crippen molar-refractivity contribution in [3.63, 3.8) is 0 Å².